The fourth-order valence-electron chi connectivity index (χ4n) is 6.65. The van der Waals surface area contributed by atoms with Gasteiger partial charge in [-0.1, -0.05) is 116 Å². The van der Waals surface area contributed by atoms with Crippen LogP contribution in [0.3, 0.4) is 0 Å². The molecule has 2 N–H and O–H groups in total. The highest BCUT2D eigenvalue weighted by Crippen LogP contribution is 2.41. The standard InChI is InChI=1S/C42H39NO3/c1-27-23-36(24-30-13-19-34(20-14-30)38-11-7-8-12-39(38)42(45)46)29(3)37-22-21-35(25-40(37)28(27)2)41(44)43-26-31-15-17-33(18-16-31)32-9-5-4-6-10-32/h4-22,25,29,36H,23-24,26H2,1-3H3,(H,43,44)(H,45,46). The Kier molecular flexibility index (Phi) is 8.98. The zero-order chi connectivity index (χ0) is 32.2. The van der Waals surface area contributed by atoms with E-state index in [1.807, 2.05) is 48.5 Å². The van der Waals surface area contributed by atoms with Gasteiger partial charge in [0.1, 0.15) is 0 Å². The van der Waals surface area contributed by atoms with Crippen LogP contribution in [0.2, 0.25) is 0 Å². The number of rotatable bonds is 8. The summed E-state index contributed by atoms with van der Waals surface area (Å²) in [4.78, 5) is 25.0. The van der Waals surface area contributed by atoms with E-state index in [4.69, 9.17) is 0 Å². The van der Waals surface area contributed by atoms with Gasteiger partial charge in [-0.2, -0.15) is 0 Å². The lowest BCUT2D eigenvalue weighted by Gasteiger charge is -2.24. The van der Waals surface area contributed by atoms with Gasteiger partial charge in [0, 0.05) is 12.1 Å². The van der Waals surface area contributed by atoms with Crippen molar-refractivity contribution >= 4 is 17.4 Å². The van der Waals surface area contributed by atoms with Gasteiger partial charge in [-0.25, -0.2) is 4.79 Å². The zero-order valence-electron chi connectivity index (χ0n) is 26.6. The molecule has 2 unspecified atom stereocenters. The fraction of sp³-hybridized carbons (Fsp3) is 0.190. The highest BCUT2D eigenvalue weighted by Gasteiger charge is 2.27. The van der Waals surface area contributed by atoms with E-state index in [2.05, 4.69) is 86.8 Å². The van der Waals surface area contributed by atoms with Crippen LogP contribution in [-0.2, 0) is 13.0 Å². The monoisotopic (exact) mass is 605 g/mol. The van der Waals surface area contributed by atoms with Crippen molar-refractivity contribution in [3.05, 3.63) is 160 Å². The minimum Gasteiger partial charge on any atom is -0.478 e. The fourth-order valence-corrected chi connectivity index (χ4v) is 6.65. The second kappa shape index (κ2) is 13.4. The number of carbonyl (C=O) groups excluding carboxylic acids is 1. The molecule has 5 aromatic carbocycles. The Labute approximate surface area is 271 Å². The van der Waals surface area contributed by atoms with Crippen LogP contribution in [0.5, 0.6) is 0 Å². The van der Waals surface area contributed by atoms with Crippen LogP contribution < -0.4 is 5.32 Å². The average molecular weight is 606 g/mol. The number of amides is 1. The summed E-state index contributed by atoms with van der Waals surface area (Å²) in [5.41, 5.74) is 12.3. The number of aromatic carboxylic acids is 1. The van der Waals surface area contributed by atoms with Gasteiger partial charge in [0.05, 0.1) is 5.56 Å². The van der Waals surface area contributed by atoms with E-state index >= 15 is 0 Å². The van der Waals surface area contributed by atoms with Crippen molar-refractivity contribution in [3.8, 4) is 22.3 Å². The van der Waals surface area contributed by atoms with Crippen LogP contribution in [0.4, 0.5) is 0 Å². The Morgan fingerprint density at radius 1 is 0.717 bits per heavy atom. The molecule has 5 aromatic rings. The van der Waals surface area contributed by atoms with Gasteiger partial charge in [0.15, 0.2) is 0 Å². The van der Waals surface area contributed by atoms with Crippen LogP contribution in [-0.4, -0.2) is 17.0 Å². The summed E-state index contributed by atoms with van der Waals surface area (Å²) in [6.45, 7) is 7.15. The quantitative estimate of drug-likeness (QED) is 0.185. The summed E-state index contributed by atoms with van der Waals surface area (Å²) in [6.07, 6.45) is 1.89. The first-order valence-electron chi connectivity index (χ1n) is 15.9. The molecule has 1 amide bonds. The number of benzene rings is 5. The summed E-state index contributed by atoms with van der Waals surface area (Å²) in [6, 6.07) is 40.2. The minimum absolute atomic E-state index is 0.0709. The van der Waals surface area contributed by atoms with Crippen molar-refractivity contribution in [2.45, 2.75) is 46.1 Å². The molecular weight excluding hydrogens is 566 g/mol. The number of nitrogens with one attached hydrogen (secondary N) is 1. The summed E-state index contributed by atoms with van der Waals surface area (Å²) in [7, 11) is 0. The largest absolute Gasteiger partial charge is 0.478 e. The van der Waals surface area contributed by atoms with E-state index in [0.29, 0.717) is 29.5 Å². The van der Waals surface area contributed by atoms with Crippen molar-refractivity contribution in [1.82, 2.24) is 5.32 Å². The maximum atomic E-state index is 13.3. The molecule has 1 aliphatic rings. The van der Waals surface area contributed by atoms with E-state index in [-0.39, 0.29) is 5.91 Å². The highest BCUT2D eigenvalue weighted by atomic mass is 16.4. The third-order valence-electron chi connectivity index (χ3n) is 9.56. The Balaban J connectivity index is 1.15. The first kappa shape index (κ1) is 30.8. The van der Waals surface area contributed by atoms with Gasteiger partial charge in [0.25, 0.3) is 5.91 Å². The Morgan fingerprint density at radius 2 is 1.35 bits per heavy atom. The average Bonchev–Trinajstić information content (AvgIpc) is 3.18. The molecule has 4 nitrogen and oxygen atoms in total. The van der Waals surface area contributed by atoms with Crippen molar-refractivity contribution in [3.63, 3.8) is 0 Å². The molecule has 0 saturated carbocycles. The molecule has 46 heavy (non-hydrogen) atoms. The molecule has 0 aliphatic heterocycles. The maximum absolute atomic E-state index is 13.3. The molecule has 230 valence electrons. The third-order valence-corrected chi connectivity index (χ3v) is 9.56. The number of allylic oxidation sites excluding steroid dienone is 2. The lowest BCUT2D eigenvalue weighted by Crippen LogP contribution is -2.23. The van der Waals surface area contributed by atoms with E-state index in [0.717, 1.165) is 40.7 Å². The summed E-state index contributed by atoms with van der Waals surface area (Å²) in [5, 5.41) is 12.7. The molecule has 0 aromatic heterocycles. The first-order valence-corrected chi connectivity index (χ1v) is 15.9. The smallest absolute Gasteiger partial charge is 0.336 e. The SMILES string of the molecule is CC1=C(C)c2cc(C(=O)NCc3ccc(-c4ccccc4)cc3)ccc2C(C)C(Cc2ccc(-c3ccccc3C(=O)O)cc2)C1. The molecule has 2 atom stereocenters. The van der Waals surface area contributed by atoms with E-state index in [9.17, 15) is 14.7 Å². The summed E-state index contributed by atoms with van der Waals surface area (Å²) >= 11 is 0. The van der Waals surface area contributed by atoms with Crippen LogP contribution in [0.15, 0.2) is 127 Å². The van der Waals surface area contributed by atoms with Crippen molar-refractivity contribution in [2.24, 2.45) is 5.92 Å². The molecule has 1 aliphatic carbocycles. The van der Waals surface area contributed by atoms with Crippen LogP contribution in [0.25, 0.3) is 27.8 Å². The number of carboxylic acid groups (broad SMARTS) is 1. The van der Waals surface area contributed by atoms with Crippen LogP contribution in [0.1, 0.15) is 76.1 Å². The molecule has 0 heterocycles. The van der Waals surface area contributed by atoms with Gasteiger partial charge >= 0.3 is 5.97 Å². The Hall–Kier alpha value is -5.22. The minimum atomic E-state index is -0.919. The highest BCUT2D eigenvalue weighted by molar-refractivity contribution is 5.96. The van der Waals surface area contributed by atoms with Crippen LogP contribution in [0, 0.1) is 5.92 Å². The molecular formula is C42H39NO3. The Bertz CT molecular complexity index is 1900. The number of carboxylic acids is 1. The normalized spacial score (nSPS) is 16.0. The predicted octanol–water partition coefficient (Wildman–Crippen LogP) is 9.81. The molecule has 0 saturated heterocycles. The Morgan fingerprint density at radius 3 is 2.07 bits per heavy atom. The molecule has 0 radical (unpaired) electrons. The molecule has 0 fully saturated rings. The molecule has 0 spiro atoms. The second-order valence-corrected chi connectivity index (χ2v) is 12.5. The molecule has 0 bridgehead atoms. The topological polar surface area (TPSA) is 66.4 Å². The van der Waals surface area contributed by atoms with Crippen LogP contribution >= 0.6 is 0 Å². The molecule has 6 rings (SSSR count). The van der Waals surface area contributed by atoms with Gasteiger partial charge in [-0.05, 0) is 107 Å². The molecule has 4 heteroatoms. The maximum Gasteiger partial charge on any atom is 0.336 e. The summed E-state index contributed by atoms with van der Waals surface area (Å²) in [5.74, 6) is -0.293. The van der Waals surface area contributed by atoms with Crippen molar-refractivity contribution < 1.29 is 14.7 Å². The van der Waals surface area contributed by atoms with Gasteiger partial charge in [0.2, 0.25) is 0 Å². The second-order valence-electron chi connectivity index (χ2n) is 12.5. The van der Waals surface area contributed by atoms with E-state index in [1.165, 1.54) is 27.8 Å². The van der Waals surface area contributed by atoms with Crippen molar-refractivity contribution in [1.29, 1.82) is 0 Å². The third kappa shape index (κ3) is 6.57. The predicted molar refractivity (Wildman–Crippen MR) is 187 cm³/mol. The van der Waals surface area contributed by atoms with Gasteiger partial charge in [-0.3, -0.25) is 4.79 Å². The lowest BCUT2D eigenvalue weighted by atomic mass is 9.80. The van der Waals surface area contributed by atoms with E-state index in [1.54, 1.807) is 12.1 Å². The van der Waals surface area contributed by atoms with Gasteiger partial charge in [-0.15, -0.1) is 0 Å². The van der Waals surface area contributed by atoms with Crippen molar-refractivity contribution in [2.75, 3.05) is 0 Å². The van der Waals surface area contributed by atoms with Gasteiger partial charge < -0.3 is 10.4 Å². The number of hydrogen-bond acceptors (Lipinski definition) is 2. The number of carbonyl (C=O) groups is 2. The lowest BCUT2D eigenvalue weighted by molar-refractivity contribution is 0.0697. The van der Waals surface area contributed by atoms with E-state index < -0.39 is 5.97 Å². The summed E-state index contributed by atoms with van der Waals surface area (Å²) < 4.78 is 0. The zero-order valence-corrected chi connectivity index (χ0v) is 26.6. The number of fused-ring (bicyclic) bond motifs is 1. The first-order chi connectivity index (χ1) is 22.3. The number of hydrogen-bond donors (Lipinski definition) is 2.